The van der Waals surface area contributed by atoms with Crippen LogP contribution in [0.4, 0.5) is 0 Å². The Labute approximate surface area is 270 Å². The van der Waals surface area contributed by atoms with Crippen LogP contribution in [0.15, 0.2) is 50.0 Å². The smallest absolute Gasteiger partial charge is 0.340 e. The highest BCUT2D eigenvalue weighted by molar-refractivity contribution is 7.98. The van der Waals surface area contributed by atoms with E-state index in [0.717, 1.165) is 22.3 Å². The van der Waals surface area contributed by atoms with Gasteiger partial charge in [-0.3, -0.25) is 14.4 Å². The topological polar surface area (TPSA) is 168 Å². The molecule has 0 fully saturated rings. The number of amides is 3. The largest absolute Gasteiger partial charge is 0.480 e. The van der Waals surface area contributed by atoms with Gasteiger partial charge in [-0.15, -0.1) is 0 Å². The molecule has 2 atom stereocenters. The normalized spacial score (nSPS) is 12.7. The molecule has 0 radical (unpaired) electrons. The van der Waals surface area contributed by atoms with E-state index in [1.54, 1.807) is 20.8 Å². The predicted molar refractivity (Wildman–Crippen MR) is 177 cm³/mol. The molecular formula is C34H39N3O8S. The van der Waals surface area contributed by atoms with Crippen molar-refractivity contribution in [3.8, 4) is 0 Å². The lowest BCUT2D eigenvalue weighted by Gasteiger charge is -2.24. The van der Waals surface area contributed by atoms with Gasteiger partial charge in [0.15, 0.2) is 0 Å². The van der Waals surface area contributed by atoms with Crippen LogP contribution in [-0.2, 0) is 31.4 Å². The first kappa shape index (κ1) is 34.3. The van der Waals surface area contributed by atoms with E-state index in [0.29, 0.717) is 33.4 Å². The average Bonchev–Trinajstić information content (AvgIpc) is 3.30. The zero-order chi connectivity index (χ0) is 33.7. The number of carboxylic acid groups (broad SMARTS) is 1. The first-order valence-corrected chi connectivity index (χ1v) is 16.1. The molecule has 0 aliphatic rings. The van der Waals surface area contributed by atoms with Gasteiger partial charge >= 0.3 is 11.6 Å². The molecule has 11 nitrogen and oxygen atoms in total. The molecule has 0 bridgehead atoms. The van der Waals surface area contributed by atoms with Crippen molar-refractivity contribution in [2.24, 2.45) is 5.92 Å². The summed E-state index contributed by atoms with van der Waals surface area (Å²) in [6.07, 6.45) is -0.313. The fraction of sp³-hybridized carbons (Fsp3) is 0.382. The fourth-order valence-electron chi connectivity index (χ4n) is 5.16. The first-order valence-electron chi connectivity index (χ1n) is 14.9. The SMILES string of the molecule is Cc1oc2c(C)c3oc(=O)c(CC(=O)NCC(=O)NC(C(=O)NC(CSCc4ccccc4)C(=O)O)C(C)C)c(C)c3cc2c1C. The second-order valence-corrected chi connectivity index (χ2v) is 12.7. The standard InChI is InChI=1S/C34H39N3O8S/c1-17(2)29(32(40)36-26(33(41)42)16-46-15-22-10-8-7-9-11-22)37-28(39)14-35-27(38)13-25-19(4)24-12-23-18(3)21(6)44-30(23)20(5)31(24)45-34(25)43/h7-12,17,26,29H,13-16H2,1-6H3,(H,35,38)(H,36,40)(H,37,39)(H,41,42). The number of carboxylic acids is 1. The minimum absolute atomic E-state index is 0.138. The Bertz CT molecular complexity index is 1840. The number of hydrogen-bond acceptors (Lipinski definition) is 8. The van der Waals surface area contributed by atoms with E-state index in [1.807, 2.05) is 57.2 Å². The van der Waals surface area contributed by atoms with Crippen molar-refractivity contribution in [1.29, 1.82) is 0 Å². The summed E-state index contributed by atoms with van der Waals surface area (Å²) >= 11 is 1.37. The summed E-state index contributed by atoms with van der Waals surface area (Å²) in [5.41, 5.74) is 3.86. The number of carbonyl (C=O) groups is 4. The molecule has 2 aromatic heterocycles. The molecule has 0 saturated heterocycles. The minimum Gasteiger partial charge on any atom is -0.480 e. The van der Waals surface area contributed by atoms with E-state index >= 15 is 0 Å². The van der Waals surface area contributed by atoms with Crippen LogP contribution in [0.1, 0.15) is 47.4 Å². The van der Waals surface area contributed by atoms with Crippen LogP contribution in [0.3, 0.4) is 0 Å². The molecule has 4 rings (SSSR count). The van der Waals surface area contributed by atoms with Gasteiger partial charge in [0, 0.05) is 27.8 Å². The lowest BCUT2D eigenvalue weighted by atomic mass is 9.99. The summed E-state index contributed by atoms with van der Waals surface area (Å²) in [5.74, 6) is -1.92. The number of carbonyl (C=O) groups excluding carboxylic acids is 3. The maximum absolute atomic E-state index is 13.0. The molecule has 0 aliphatic carbocycles. The van der Waals surface area contributed by atoms with Crippen LogP contribution in [0, 0.1) is 33.6 Å². The van der Waals surface area contributed by atoms with Gasteiger partial charge in [-0.2, -0.15) is 11.8 Å². The van der Waals surface area contributed by atoms with Gasteiger partial charge in [0.25, 0.3) is 0 Å². The van der Waals surface area contributed by atoms with Gasteiger partial charge in [-0.05, 0) is 56.4 Å². The Morgan fingerprint density at radius 2 is 1.52 bits per heavy atom. The Morgan fingerprint density at radius 3 is 2.17 bits per heavy atom. The number of thioether (sulfide) groups is 1. The van der Waals surface area contributed by atoms with Crippen molar-refractivity contribution in [2.75, 3.05) is 12.3 Å². The molecule has 2 unspecified atom stereocenters. The molecule has 2 heterocycles. The third-order valence-electron chi connectivity index (χ3n) is 8.00. The van der Waals surface area contributed by atoms with Crippen LogP contribution >= 0.6 is 11.8 Å². The molecule has 12 heteroatoms. The zero-order valence-electron chi connectivity index (χ0n) is 26.7. The first-order chi connectivity index (χ1) is 21.8. The zero-order valence-corrected chi connectivity index (χ0v) is 27.6. The molecular weight excluding hydrogens is 610 g/mol. The van der Waals surface area contributed by atoms with Crippen molar-refractivity contribution in [3.05, 3.63) is 80.4 Å². The summed E-state index contributed by atoms with van der Waals surface area (Å²) in [4.78, 5) is 63.4. The predicted octanol–water partition coefficient (Wildman–Crippen LogP) is 4.08. The second kappa shape index (κ2) is 14.7. The van der Waals surface area contributed by atoms with E-state index in [-0.39, 0.29) is 23.7 Å². The van der Waals surface area contributed by atoms with Crippen molar-refractivity contribution in [3.63, 3.8) is 0 Å². The number of benzene rings is 2. The molecule has 0 aliphatic heterocycles. The molecule has 4 N–H and O–H groups in total. The van der Waals surface area contributed by atoms with Gasteiger partial charge in [0.05, 0.1) is 18.5 Å². The van der Waals surface area contributed by atoms with Crippen LogP contribution in [0.25, 0.3) is 21.9 Å². The highest BCUT2D eigenvalue weighted by atomic mass is 32.2. The third-order valence-corrected chi connectivity index (χ3v) is 9.11. The number of furan rings is 1. The molecule has 3 amide bonds. The molecule has 2 aromatic carbocycles. The highest BCUT2D eigenvalue weighted by Gasteiger charge is 2.29. The van der Waals surface area contributed by atoms with Gasteiger partial charge in [-0.25, -0.2) is 9.59 Å². The van der Waals surface area contributed by atoms with Gasteiger partial charge in [0.1, 0.15) is 29.0 Å². The summed E-state index contributed by atoms with van der Waals surface area (Å²) in [5, 5.41) is 18.9. The van der Waals surface area contributed by atoms with Gasteiger partial charge < -0.3 is 29.9 Å². The number of hydrogen-bond donors (Lipinski definition) is 4. The minimum atomic E-state index is -1.18. The Balaban J connectivity index is 1.36. The lowest BCUT2D eigenvalue weighted by Crippen LogP contribution is -2.55. The van der Waals surface area contributed by atoms with Crippen LogP contribution < -0.4 is 21.6 Å². The third kappa shape index (κ3) is 7.79. The number of fused-ring (bicyclic) bond motifs is 2. The van der Waals surface area contributed by atoms with E-state index in [4.69, 9.17) is 8.83 Å². The molecule has 244 valence electrons. The summed E-state index contributed by atoms with van der Waals surface area (Å²) in [6.45, 7) is 10.4. The van der Waals surface area contributed by atoms with E-state index in [2.05, 4.69) is 16.0 Å². The maximum atomic E-state index is 13.0. The fourth-order valence-corrected chi connectivity index (χ4v) is 6.17. The van der Waals surface area contributed by atoms with Gasteiger partial charge in [0.2, 0.25) is 17.7 Å². The maximum Gasteiger partial charge on any atom is 0.340 e. The van der Waals surface area contributed by atoms with Crippen LogP contribution in [-0.4, -0.2) is 53.2 Å². The van der Waals surface area contributed by atoms with E-state index in [1.165, 1.54) is 11.8 Å². The monoisotopic (exact) mass is 649 g/mol. The Morgan fingerprint density at radius 1 is 0.870 bits per heavy atom. The Hall–Kier alpha value is -4.58. The second-order valence-electron chi connectivity index (χ2n) is 11.7. The van der Waals surface area contributed by atoms with Crippen molar-refractivity contribution >= 4 is 57.4 Å². The van der Waals surface area contributed by atoms with Crippen LogP contribution in [0.2, 0.25) is 0 Å². The quantitative estimate of drug-likeness (QED) is 0.156. The number of aliphatic carboxylic acids is 1. The number of aryl methyl sites for hydroxylation is 4. The molecule has 4 aromatic rings. The number of rotatable bonds is 13. The molecule has 0 saturated carbocycles. The molecule has 0 spiro atoms. The van der Waals surface area contributed by atoms with Crippen molar-refractivity contribution in [1.82, 2.24) is 16.0 Å². The van der Waals surface area contributed by atoms with Crippen molar-refractivity contribution in [2.45, 2.75) is 65.8 Å². The summed E-state index contributed by atoms with van der Waals surface area (Å²) < 4.78 is 11.5. The number of nitrogens with one attached hydrogen (secondary N) is 3. The van der Waals surface area contributed by atoms with Gasteiger partial charge in [-0.1, -0.05) is 44.2 Å². The Kier molecular flexibility index (Phi) is 10.9. The summed E-state index contributed by atoms with van der Waals surface area (Å²) in [7, 11) is 0. The lowest BCUT2D eigenvalue weighted by molar-refractivity contribution is -0.141. The highest BCUT2D eigenvalue weighted by Crippen LogP contribution is 2.34. The average molecular weight is 650 g/mol. The molecule has 46 heavy (non-hydrogen) atoms. The van der Waals surface area contributed by atoms with Crippen LogP contribution in [0.5, 0.6) is 0 Å². The summed E-state index contributed by atoms with van der Waals surface area (Å²) in [6, 6.07) is 9.26. The van der Waals surface area contributed by atoms with E-state index < -0.39 is 47.9 Å². The van der Waals surface area contributed by atoms with Crippen molar-refractivity contribution < 1.29 is 33.1 Å². The van der Waals surface area contributed by atoms with E-state index in [9.17, 15) is 29.1 Å².